The molecule has 0 radical (unpaired) electrons. The largest absolute Gasteiger partial charge is 0.346 e. The van der Waals surface area contributed by atoms with E-state index in [1.54, 1.807) is 16.9 Å². The lowest BCUT2D eigenvalue weighted by Crippen LogP contribution is -2.48. The number of hydrogen-bond donors (Lipinski definition) is 2. The average Bonchev–Trinajstić information content (AvgIpc) is 3.25. The zero-order chi connectivity index (χ0) is 19.3. The fraction of sp³-hybridized carbons (Fsp3) is 0.400. The van der Waals surface area contributed by atoms with Gasteiger partial charge in [0.25, 0.3) is 0 Å². The van der Waals surface area contributed by atoms with Gasteiger partial charge in [0.15, 0.2) is 0 Å². The first kappa shape index (κ1) is 17.0. The summed E-state index contributed by atoms with van der Waals surface area (Å²) in [4.78, 5) is 35.4. The highest BCUT2D eigenvalue weighted by molar-refractivity contribution is 5.95. The van der Waals surface area contributed by atoms with E-state index in [2.05, 4.69) is 20.4 Å². The monoisotopic (exact) mass is 378 g/mol. The molecule has 2 N–H and O–H groups in total. The molecule has 0 spiro atoms. The van der Waals surface area contributed by atoms with Crippen molar-refractivity contribution < 1.29 is 9.59 Å². The van der Waals surface area contributed by atoms with E-state index in [0.29, 0.717) is 18.7 Å². The normalized spacial score (nSPS) is 22.6. The van der Waals surface area contributed by atoms with Crippen LogP contribution in [0.3, 0.4) is 0 Å². The van der Waals surface area contributed by atoms with E-state index in [9.17, 15) is 9.59 Å². The molecule has 1 saturated heterocycles. The molecule has 3 aromatic heterocycles. The molecule has 1 saturated carbocycles. The first-order valence-corrected chi connectivity index (χ1v) is 9.66. The second-order valence-electron chi connectivity index (χ2n) is 7.60. The molecule has 0 bridgehead atoms. The lowest BCUT2D eigenvalue weighted by Gasteiger charge is -2.40. The maximum atomic E-state index is 13.2. The highest BCUT2D eigenvalue weighted by Gasteiger charge is 2.47. The van der Waals surface area contributed by atoms with E-state index in [0.717, 1.165) is 29.6 Å². The highest BCUT2D eigenvalue weighted by atomic mass is 16.2. The topological polar surface area (TPSA) is 95.9 Å². The number of pyridine rings is 1. The number of aromatic amines is 1. The third-order valence-electron chi connectivity index (χ3n) is 5.74. The number of piperidine rings is 1. The average molecular weight is 378 g/mol. The summed E-state index contributed by atoms with van der Waals surface area (Å²) in [6, 6.07) is 7.51. The van der Waals surface area contributed by atoms with Gasteiger partial charge in [-0.1, -0.05) is 0 Å². The zero-order valence-electron chi connectivity index (χ0n) is 15.6. The van der Waals surface area contributed by atoms with E-state index in [1.165, 1.54) is 0 Å². The van der Waals surface area contributed by atoms with E-state index in [4.69, 9.17) is 0 Å². The van der Waals surface area contributed by atoms with Gasteiger partial charge in [0, 0.05) is 37.3 Å². The lowest BCUT2D eigenvalue weighted by atomic mass is 9.85. The maximum Gasteiger partial charge on any atom is 0.231 e. The number of carbonyl (C=O) groups is 2. The number of fused-ring (bicyclic) bond motifs is 1. The maximum absolute atomic E-state index is 13.2. The Kier molecular flexibility index (Phi) is 3.92. The quantitative estimate of drug-likeness (QED) is 0.729. The molecule has 2 aliphatic rings. The fourth-order valence-electron chi connectivity index (χ4n) is 4.21. The first-order valence-electron chi connectivity index (χ1n) is 9.66. The van der Waals surface area contributed by atoms with Crippen LogP contribution >= 0.6 is 0 Å². The van der Waals surface area contributed by atoms with Crippen molar-refractivity contribution in [3.63, 3.8) is 0 Å². The fourth-order valence-corrected chi connectivity index (χ4v) is 4.21. The molecule has 8 heteroatoms. The third kappa shape index (κ3) is 2.85. The minimum atomic E-state index is -0.338. The number of rotatable bonds is 4. The molecule has 1 aliphatic heterocycles. The van der Waals surface area contributed by atoms with E-state index >= 15 is 0 Å². The van der Waals surface area contributed by atoms with Crippen molar-refractivity contribution >= 4 is 28.7 Å². The number of aromatic nitrogens is 4. The lowest BCUT2D eigenvalue weighted by molar-refractivity contribution is -0.143. The van der Waals surface area contributed by atoms with Crippen molar-refractivity contribution in [3.05, 3.63) is 42.4 Å². The predicted molar refractivity (Wildman–Crippen MR) is 103 cm³/mol. The second kappa shape index (κ2) is 6.47. The van der Waals surface area contributed by atoms with Gasteiger partial charge in [-0.2, -0.15) is 5.10 Å². The molecule has 2 amide bonds. The van der Waals surface area contributed by atoms with Gasteiger partial charge in [-0.05, 0) is 43.5 Å². The van der Waals surface area contributed by atoms with Crippen molar-refractivity contribution in [3.8, 4) is 0 Å². The van der Waals surface area contributed by atoms with Gasteiger partial charge in [-0.25, -0.2) is 4.98 Å². The molecule has 28 heavy (non-hydrogen) atoms. The Bertz CT molecular complexity index is 1050. The standard InChI is InChI=1S/C20H22N6O2/c1-25-15(9-11-22-25)18-14(5-7-17(27)26(18)13-3-4-13)20(28)24-16-6-2-12-8-10-21-19(12)23-16/h2,6,8-11,13-14,18H,3-5,7H2,1H3,(H2,21,23,24,28). The number of likely N-dealkylation sites (tertiary alicyclic amines) is 1. The molecule has 144 valence electrons. The van der Waals surface area contributed by atoms with Crippen LogP contribution in [0, 0.1) is 5.92 Å². The van der Waals surface area contributed by atoms with Crippen molar-refractivity contribution in [2.75, 3.05) is 5.32 Å². The molecule has 8 nitrogen and oxygen atoms in total. The van der Waals surface area contributed by atoms with Crippen molar-refractivity contribution in [2.24, 2.45) is 13.0 Å². The van der Waals surface area contributed by atoms with Crippen LogP contribution in [-0.2, 0) is 16.6 Å². The summed E-state index contributed by atoms with van der Waals surface area (Å²) >= 11 is 0. The summed E-state index contributed by atoms with van der Waals surface area (Å²) in [5.41, 5.74) is 1.63. The molecule has 0 aromatic carbocycles. The van der Waals surface area contributed by atoms with Crippen LogP contribution in [0.15, 0.2) is 36.7 Å². The number of aryl methyl sites for hydroxylation is 1. The molecule has 3 aromatic rings. The number of nitrogens with one attached hydrogen (secondary N) is 2. The Hall–Kier alpha value is -3.16. The van der Waals surface area contributed by atoms with Crippen LogP contribution in [0.2, 0.25) is 0 Å². The van der Waals surface area contributed by atoms with E-state index in [-0.39, 0.29) is 29.8 Å². The number of anilines is 1. The predicted octanol–water partition coefficient (Wildman–Crippen LogP) is 2.38. The van der Waals surface area contributed by atoms with E-state index < -0.39 is 0 Å². The van der Waals surface area contributed by atoms with Gasteiger partial charge in [0.1, 0.15) is 11.5 Å². The molecule has 5 rings (SSSR count). The van der Waals surface area contributed by atoms with Gasteiger partial charge < -0.3 is 15.2 Å². The minimum Gasteiger partial charge on any atom is -0.346 e. The van der Waals surface area contributed by atoms with Crippen LogP contribution in [0.25, 0.3) is 11.0 Å². The number of amides is 2. The Morgan fingerprint density at radius 1 is 1.21 bits per heavy atom. The molecule has 1 aliphatic carbocycles. The third-order valence-corrected chi connectivity index (χ3v) is 5.74. The van der Waals surface area contributed by atoms with Crippen LogP contribution < -0.4 is 5.32 Å². The van der Waals surface area contributed by atoms with Crippen molar-refractivity contribution in [2.45, 2.75) is 37.8 Å². The van der Waals surface area contributed by atoms with Gasteiger partial charge in [-0.15, -0.1) is 0 Å². The summed E-state index contributed by atoms with van der Waals surface area (Å²) in [6.07, 6.45) is 6.45. The number of hydrogen-bond acceptors (Lipinski definition) is 4. The molecule has 2 unspecified atom stereocenters. The van der Waals surface area contributed by atoms with Crippen LogP contribution in [0.4, 0.5) is 5.82 Å². The van der Waals surface area contributed by atoms with Crippen molar-refractivity contribution in [1.82, 2.24) is 24.6 Å². The van der Waals surface area contributed by atoms with Gasteiger partial charge >= 0.3 is 0 Å². The summed E-state index contributed by atoms with van der Waals surface area (Å²) in [5, 5.41) is 8.22. The number of H-pyrrole nitrogens is 1. The number of carbonyl (C=O) groups excluding carboxylic acids is 2. The molecule has 4 heterocycles. The molecule has 2 atom stereocenters. The van der Waals surface area contributed by atoms with Gasteiger partial charge in [-0.3, -0.25) is 14.3 Å². The minimum absolute atomic E-state index is 0.109. The zero-order valence-corrected chi connectivity index (χ0v) is 15.6. The van der Waals surface area contributed by atoms with Crippen LogP contribution in [0.1, 0.15) is 37.4 Å². The highest BCUT2D eigenvalue weighted by Crippen LogP contribution is 2.43. The molecular formula is C20H22N6O2. The summed E-state index contributed by atoms with van der Waals surface area (Å²) < 4.78 is 1.77. The van der Waals surface area contributed by atoms with Crippen LogP contribution in [-0.4, -0.2) is 42.5 Å². The summed E-state index contributed by atoms with van der Waals surface area (Å²) in [7, 11) is 1.86. The Morgan fingerprint density at radius 2 is 2.07 bits per heavy atom. The number of nitrogens with zero attached hydrogens (tertiary/aromatic N) is 4. The summed E-state index contributed by atoms with van der Waals surface area (Å²) in [6.45, 7) is 0. The first-order chi connectivity index (χ1) is 13.6. The summed E-state index contributed by atoms with van der Waals surface area (Å²) in [5.74, 6) is 0.194. The molecule has 2 fully saturated rings. The Labute approximate surface area is 161 Å². The van der Waals surface area contributed by atoms with Gasteiger partial charge in [0.05, 0.1) is 17.7 Å². The van der Waals surface area contributed by atoms with Crippen LogP contribution in [0.5, 0.6) is 0 Å². The Morgan fingerprint density at radius 3 is 2.82 bits per heavy atom. The van der Waals surface area contributed by atoms with Gasteiger partial charge in [0.2, 0.25) is 11.8 Å². The second-order valence-corrected chi connectivity index (χ2v) is 7.60. The molecular weight excluding hydrogens is 356 g/mol. The smallest absolute Gasteiger partial charge is 0.231 e. The Balaban J connectivity index is 1.46. The van der Waals surface area contributed by atoms with E-state index in [1.807, 2.05) is 36.3 Å². The van der Waals surface area contributed by atoms with Crippen molar-refractivity contribution in [1.29, 1.82) is 0 Å². The SMILES string of the molecule is Cn1nccc1C1C(C(=O)Nc2ccc3cc[nH]c3n2)CCC(=O)N1C1CC1.